The third-order valence-electron chi connectivity index (χ3n) is 1.27. The predicted molar refractivity (Wildman–Crippen MR) is 30.9 cm³/mol. The topological polar surface area (TPSA) is 20.2 Å². The van der Waals surface area contributed by atoms with Gasteiger partial charge < -0.3 is 5.11 Å². The van der Waals surface area contributed by atoms with Gasteiger partial charge >= 0.3 is 0 Å². The van der Waals surface area contributed by atoms with Crippen molar-refractivity contribution in [2.45, 2.75) is 33.3 Å². The standard InChI is InChI=1S/C6H13O/c1-4-5(2)6(3)7/h6-7H,4H2,1-3H3. The van der Waals surface area contributed by atoms with Crippen LogP contribution in [0.5, 0.6) is 0 Å². The highest BCUT2D eigenvalue weighted by molar-refractivity contribution is 4.87. The Bertz CT molecular complexity index is 41.4. The lowest BCUT2D eigenvalue weighted by molar-refractivity contribution is 0.203. The van der Waals surface area contributed by atoms with Gasteiger partial charge in [0.2, 0.25) is 0 Å². The fourth-order valence-corrected chi connectivity index (χ4v) is 0.295. The normalized spacial score (nSPS) is 15.0. The number of hydrogen-bond donors (Lipinski definition) is 1. The van der Waals surface area contributed by atoms with Crippen molar-refractivity contribution in [1.29, 1.82) is 0 Å². The summed E-state index contributed by atoms with van der Waals surface area (Å²) in [5, 5.41) is 8.78. The Balaban J connectivity index is 3.14. The predicted octanol–water partition coefficient (Wildman–Crippen LogP) is 1.37. The van der Waals surface area contributed by atoms with E-state index in [9.17, 15) is 0 Å². The average Bonchev–Trinajstić information content (AvgIpc) is 1.65. The molecule has 43 valence electrons. The summed E-state index contributed by atoms with van der Waals surface area (Å²) in [6.45, 7) is 5.80. The zero-order valence-electron chi connectivity index (χ0n) is 5.23. The Morgan fingerprint density at radius 3 is 2.14 bits per heavy atom. The maximum atomic E-state index is 8.78. The molecule has 0 amide bonds. The van der Waals surface area contributed by atoms with Crippen molar-refractivity contribution in [3.63, 3.8) is 0 Å². The van der Waals surface area contributed by atoms with Crippen LogP contribution in [0.25, 0.3) is 0 Å². The fraction of sp³-hybridized carbons (Fsp3) is 0.833. The average molecular weight is 101 g/mol. The molecule has 0 heterocycles. The van der Waals surface area contributed by atoms with Gasteiger partial charge in [-0.2, -0.15) is 0 Å². The first-order valence-corrected chi connectivity index (χ1v) is 2.68. The molecule has 1 radical (unpaired) electrons. The number of rotatable bonds is 2. The summed E-state index contributed by atoms with van der Waals surface area (Å²) in [5.41, 5.74) is 0. The molecule has 0 fully saturated rings. The van der Waals surface area contributed by atoms with Gasteiger partial charge in [-0.1, -0.05) is 13.8 Å². The zero-order valence-corrected chi connectivity index (χ0v) is 5.23. The summed E-state index contributed by atoms with van der Waals surface area (Å²) in [6, 6.07) is 0. The Labute approximate surface area is 45.4 Å². The SMILES string of the molecule is CC[C](C)C(C)O. The fourth-order valence-electron chi connectivity index (χ4n) is 0.295. The molecule has 0 saturated carbocycles. The van der Waals surface area contributed by atoms with Gasteiger partial charge in [0, 0.05) is 5.92 Å². The van der Waals surface area contributed by atoms with Crippen LogP contribution in [0.1, 0.15) is 27.2 Å². The first kappa shape index (κ1) is 6.96. The first-order valence-electron chi connectivity index (χ1n) is 2.68. The molecule has 1 atom stereocenters. The second-order valence-electron chi connectivity index (χ2n) is 1.88. The third kappa shape index (κ3) is 2.63. The second kappa shape index (κ2) is 3.03. The molecule has 0 aromatic carbocycles. The van der Waals surface area contributed by atoms with Gasteiger partial charge in [0.25, 0.3) is 0 Å². The van der Waals surface area contributed by atoms with Crippen LogP contribution < -0.4 is 0 Å². The lowest BCUT2D eigenvalue weighted by Crippen LogP contribution is -2.08. The lowest BCUT2D eigenvalue weighted by atomic mass is 10.0. The third-order valence-corrected chi connectivity index (χ3v) is 1.27. The molecule has 0 aliphatic rings. The monoisotopic (exact) mass is 101 g/mol. The lowest BCUT2D eigenvalue weighted by Gasteiger charge is -2.08. The molecule has 0 rings (SSSR count). The van der Waals surface area contributed by atoms with E-state index in [1.807, 2.05) is 13.8 Å². The molecule has 0 aliphatic heterocycles. The summed E-state index contributed by atoms with van der Waals surface area (Å²) in [5.74, 6) is 1.15. The van der Waals surface area contributed by atoms with Crippen molar-refractivity contribution in [2.24, 2.45) is 0 Å². The maximum Gasteiger partial charge on any atom is 0.0571 e. The molecule has 1 unspecified atom stereocenters. The van der Waals surface area contributed by atoms with Gasteiger partial charge in [-0.3, -0.25) is 0 Å². The minimum Gasteiger partial charge on any atom is -0.393 e. The van der Waals surface area contributed by atoms with Gasteiger partial charge in [-0.25, -0.2) is 0 Å². The number of hydrogen-bond acceptors (Lipinski definition) is 1. The highest BCUT2D eigenvalue weighted by Gasteiger charge is 2.03. The molecule has 1 nitrogen and oxygen atoms in total. The van der Waals surface area contributed by atoms with E-state index >= 15 is 0 Å². The molecular formula is C6H13O. The van der Waals surface area contributed by atoms with E-state index in [0.29, 0.717) is 0 Å². The molecule has 0 saturated heterocycles. The van der Waals surface area contributed by atoms with Crippen molar-refractivity contribution >= 4 is 0 Å². The van der Waals surface area contributed by atoms with Crippen LogP contribution in [0.3, 0.4) is 0 Å². The molecule has 0 aliphatic carbocycles. The maximum absolute atomic E-state index is 8.78. The van der Waals surface area contributed by atoms with Crippen molar-refractivity contribution < 1.29 is 5.11 Å². The van der Waals surface area contributed by atoms with Crippen LogP contribution in [-0.2, 0) is 0 Å². The van der Waals surface area contributed by atoms with Gasteiger partial charge in [-0.05, 0) is 13.3 Å². The van der Waals surface area contributed by atoms with E-state index in [1.54, 1.807) is 6.92 Å². The van der Waals surface area contributed by atoms with Crippen LogP contribution in [-0.4, -0.2) is 11.2 Å². The van der Waals surface area contributed by atoms with Crippen molar-refractivity contribution in [3.05, 3.63) is 5.92 Å². The van der Waals surface area contributed by atoms with E-state index in [4.69, 9.17) is 5.11 Å². The van der Waals surface area contributed by atoms with E-state index < -0.39 is 0 Å². The van der Waals surface area contributed by atoms with E-state index in [2.05, 4.69) is 0 Å². The van der Waals surface area contributed by atoms with Crippen molar-refractivity contribution in [2.75, 3.05) is 0 Å². The van der Waals surface area contributed by atoms with Gasteiger partial charge in [0.05, 0.1) is 6.10 Å². The molecule has 1 N–H and O–H groups in total. The zero-order chi connectivity index (χ0) is 5.86. The van der Waals surface area contributed by atoms with Crippen LogP contribution in [0.2, 0.25) is 0 Å². The molecule has 1 heteroatoms. The second-order valence-corrected chi connectivity index (χ2v) is 1.88. The van der Waals surface area contributed by atoms with Gasteiger partial charge in [0.1, 0.15) is 0 Å². The summed E-state index contributed by atoms with van der Waals surface area (Å²) in [6.07, 6.45) is 0.766. The highest BCUT2D eigenvalue weighted by atomic mass is 16.3. The molecule has 0 aromatic rings. The van der Waals surface area contributed by atoms with Gasteiger partial charge in [0.15, 0.2) is 0 Å². The van der Waals surface area contributed by atoms with E-state index in [0.717, 1.165) is 12.3 Å². The quantitative estimate of drug-likeness (QED) is 0.557. The van der Waals surface area contributed by atoms with Crippen molar-refractivity contribution in [1.82, 2.24) is 0 Å². The highest BCUT2D eigenvalue weighted by Crippen LogP contribution is 2.07. The molecule has 0 aromatic heterocycles. The summed E-state index contributed by atoms with van der Waals surface area (Å²) in [4.78, 5) is 0. The molecular weight excluding hydrogens is 88.1 g/mol. The van der Waals surface area contributed by atoms with Crippen LogP contribution >= 0.6 is 0 Å². The number of aliphatic hydroxyl groups is 1. The summed E-state index contributed by atoms with van der Waals surface area (Å²) < 4.78 is 0. The van der Waals surface area contributed by atoms with E-state index in [1.165, 1.54) is 0 Å². The Morgan fingerprint density at radius 2 is 2.14 bits per heavy atom. The van der Waals surface area contributed by atoms with Crippen molar-refractivity contribution in [3.8, 4) is 0 Å². The van der Waals surface area contributed by atoms with Crippen LogP contribution in [0.4, 0.5) is 0 Å². The van der Waals surface area contributed by atoms with E-state index in [-0.39, 0.29) is 6.10 Å². The molecule has 0 bridgehead atoms. The minimum atomic E-state index is -0.218. The molecule has 0 spiro atoms. The Morgan fingerprint density at radius 1 is 1.71 bits per heavy atom. The Kier molecular flexibility index (Phi) is 3.01. The number of aliphatic hydroxyl groups excluding tert-OH is 1. The summed E-state index contributed by atoms with van der Waals surface area (Å²) >= 11 is 0. The Hall–Kier alpha value is -0.0400. The first-order chi connectivity index (χ1) is 3.18. The smallest absolute Gasteiger partial charge is 0.0571 e. The summed E-state index contributed by atoms with van der Waals surface area (Å²) in [7, 11) is 0. The molecule has 7 heavy (non-hydrogen) atoms. The minimum absolute atomic E-state index is 0.218. The van der Waals surface area contributed by atoms with Crippen LogP contribution in [0, 0.1) is 5.92 Å². The largest absolute Gasteiger partial charge is 0.393 e. The van der Waals surface area contributed by atoms with Crippen LogP contribution in [0.15, 0.2) is 0 Å². The van der Waals surface area contributed by atoms with Gasteiger partial charge in [-0.15, -0.1) is 0 Å².